The second-order valence-electron chi connectivity index (χ2n) is 5.00. The van der Waals surface area contributed by atoms with Crippen molar-refractivity contribution in [3.8, 4) is 0 Å². The Morgan fingerprint density at radius 2 is 2.26 bits per heavy atom. The average molecular weight is 268 g/mol. The first kappa shape index (κ1) is 13.9. The van der Waals surface area contributed by atoms with E-state index in [0.29, 0.717) is 12.5 Å². The van der Waals surface area contributed by atoms with Crippen LogP contribution in [0, 0.1) is 17.6 Å². The van der Waals surface area contributed by atoms with Crippen LogP contribution in [0.2, 0.25) is 0 Å². The van der Waals surface area contributed by atoms with E-state index in [1.165, 1.54) is 17.0 Å². The Morgan fingerprint density at radius 1 is 1.47 bits per heavy atom. The van der Waals surface area contributed by atoms with E-state index in [1.54, 1.807) is 7.05 Å². The molecule has 0 radical (unpaired) electrons. The molecule has 1 amide bonds. The quantitative estimate of drug-likeness (QED) is 0.910. The summed E-state index contributed by atoms with van der Waals surface area (Å²) in [5, 5.41) is 3.27. The molecule has 5 heteroatoms. The molecule has 0 aromatic heterocycles. The van der Waals surface area contributed by atoms with Crippen LogP contribution in [-0.2, 0) is 0 Å². The highest BCUT2D eigenvalue weighted by Gasteiger charge is 2.22. The number of carbonyl (C=O) groups is 1. The van der Waals surface area contributed by atoms with Crippen LogP contribution in [0.3, 0.4) is 0 Å². The molecule has 1 aliphatic heterocycles. The van der Waals surface area contributed by atoms with Gasteiger partial charge in [-0.3, -0.25) is 4.79 Å². The lowest BCUT2D eigenvalue weighted by Gasteiger charge is -2.27. The molecule has 1 heterocycles. The Balaban J connectivity index is 2.03. The van der Waals surface area contributed by atoms with Gasteiger partial charge in [-0.1, -0.05) is 6.07 Å². The second-order valence-corrected chi connectivity index (χ2v) is 5.00. The number of nitrogens with zero attached hydrogens (tertiary/aromatic N) is 1. The molecule has 0 saturated carbocycles. The lowest BCUT2D eigenvalue weighted by atomic mass is 9.99. The molecule has 104 valence electrons. The number of benzene rings is 1. The van der Waals surface area contributed by atoms with Crippen molar-refractivity contribution in [3.63, 3.8) is 0 Å². The minimum absolute atomic E-state index is 0.203. The molecular weight excluding hydrogens is 250 g/mol. The topological polar surface area (TPSA) is 32.3 Å². The van der Waals surface area contributed by atoms with E-state index in [1.807, 2.05) is 0 Å². The SMILES string of the molecule is CN(CC1CCCNC1)C(=O)c1cccc(F)c1F. The minimum atomic E-state index is -1.07. The predicted octanol–water partition coefficient (Wildman–Crippen LogP) is 2.04. The van der Waals surface area contributed by atoms with Crippen molar-refractivity contribution in [1.29, 1.82) is 0 Å². The number of amides is 1. The summed E-state index contributed by atoms with van der Waals surface area (Å²) in [6.07, 6.45) is 2.14. The highest BCUT2D eigenvalue weighted by Crippen LogP contribution is 2.16. The van der Waals surface area contributed by atoms with Gasteiger partial charge in [0.25, 0.3) is 5.91 Å². The molecule has 0 aliphatic carbocycles. The van der Waals surface area contributed by atoms with E-state index >= 15 is 0 Å². The third-order valence-corrected chi connectivity index (χ3v) is 3.46. The van der Waals surface area contributed by atoms with Gasteiger partial charge >= 0.3 is 0 Å². The molecule has 1 aromatic carbocycles. The summed E-state index contributed by atoms with van der Waals surface area (Å²) >= 11 is 0. The van der Waals surface area contributed by atoms with E-state index in [-0.39, 0.29) is 5.56 Å². The Bertz CT molecular complexity index is 459. The Labute approximate surface area is 111 Å². The molecule has 1 unspecified atom stereocenters. The first-order chi connectivity index (χ1) is 9.09. The van der Waals surface area contributed by atoms with Crippen LogP contribution in [0.25, 0.3) is 0 Å². The fourth-order valence-corrected chi connectivity index (χ4v) is 2.42. The zero-order chi connectivity index (χ0) is 13.8. The molecule has 1 saturated heterocycles. The van der Waals surface area contributed by atoms with Gasteiger partial charge in [-0.05, 0) is 44.0 Å². The van der Waals surface area contributed by atoms with Gasteiger partial charge in [0.2, 0.25) is 0 Å². The van der Waals surface area contributed by atoms with Crippen molar-refractivity contribution in [2.24, 2.45) is 5.92 Å². The minimum Gasteiger partial charge on any atom is -0.341 e. The lowest BCUT2D eigenvalue weighted by molar-refractivity contribution is 0.0759. The van der Waals surface area contributed by atoms with Crippen molar-refractivity contribution in [1.82, 2.24) is 10.2 Å². The standard InChI is InChI=1S/C14H18F2N2O/c1-18(9-10-4-3-7-17-8-10)14(19)11-5-2-6-12(15)13(11)16/h2,5-6,10,17H,3-4,7-9H2,1H3. The number of nitrogens with one attached hydrogen (secondary N) is 1. The van der Waals surface area contributed by atoms with Gasteiger partial charge in [0.05, 0.1) is 5.56 Å². The van der Waals surface area contributed by atoms with Crippen molar-refractivity contribution < 1.29 is 13.6 Å². The molecule has 1 atom stereocenters. The molecule has 1 aromatic rings. The molecule has 0 spiro atoms. The van der Waals surface area contributed by atoms with Gasteiger partial charge in [0, 0.05) is 13.6 Å². The first-order valence-corrected chi connectivity index (χ1v) is 6.50. The van der Waals surface area contributed by atoms with Gasteiger partial charge in [-0.25, -0.2) is 8.78 Å². The maximum Gasteiger partial charge on any atom is 0.256 e. The van der Waals surface area contributed by atoms with Gasteiger partial charge in [0.1, 0.15) is 0 Å². The van der Waals surface area contributed by atoms with E-state index in [4.69, 9.17) is 0 Å². The molecule has 2 rings (SSSR count). The van der Waals surface area contributed by atoms with E-state index in [2.05, 4.69) is 5.32 Å². The normalized spacial score (nSPS) is 19.2. The van der Waals surface area contributed by atoms with E-state index in [0.717, 1.165) is 32.0 Å². The van der Waals surface area contributed by atoms with Crippen LogP contribution in [0.1, 0.15) is 23.2 Å². The summed E-state index contributed by atoms with van der Waals surface area (Å²) < 4.78 is 26.7. The molecule has 1 aliphatic rings. The largest absolute Gasteiger partial charge is 0.341 e. The van der Waals surface area contributed by atoms with E-state index in [9.17, 15) is 13.6 Å². The maximum atomic E-state index is 13.6. The fraction of sp³-hybridized carbons (Fsp3) is 0.500. The molecule has 19 heavy (non-hydrogen) atoms. The molecule has 1 N–H and O–H groups in total. The van der Waals surface area contributed by atoms with Crippen LogP contribution in [0.4, 0.5) is 8.78 Å². The first-order valence-electron chi connectivity index (χ1n) is 6.50. The Kier molecular flexibility index (Phi) is 4.47. The van der Waals surface area contributed by atoms with Gasteiger partial charge in [-0.2, -0.15) is 0 Å². The number of hydrogen-bond acceptors (Lipinski definition) is 2. The summed E-state index contributed by atoms with van der Waals surface area (Å²) in [5.74, 6) is -2.15. The summed E-state index contributed by atoms with van der Waals surface area (Å²) in [6, 6.07) is 3.68. The highest BCUT2D eigenvalue weighted by atomic mass is 19.2. The highest BCUT2D eigenvalue weighted by molar-refractivity contribution is 5.94. The molecule has 1 fully saturated rings. The monoisotopic (exact) mass is 268 g/mol. The molecule has 0 bridgehead atoms. The van der Waals surface area contributed by atoms with Crippen LogP contribution >= 0.6 is 0 Å². The van der Waals surface area contributed by atoms with Crippen LogP contribution in [0.15, 0.2) is 18.2 Å². The van der Waals surface area contributed by atoms with Crippen molar-refractivity contribution in [2.45, 2.75) is 12.8 Å². The zero-order valence-electron chi connectivity index (χ0n) is 11.0. The Hall–Kier alpha value is -1.49. The Morgan fingerprint density at radius 3 is 2.95 bits per heavy atom. The summed E-state index contributed by atoms with van der Waals surface area (Å²) in [7, 11) is 1.63. The van der Waals surface area contributed by atoms with Gasteiger partial charge in [0.15, 0.2) is 11.6 Å². The summed E-state index contributed by atoms with van der Waals surface area (Å²) in [6.45, 7) is 2.43. The third-order valence-electron chi connectivity index (χ3n) is 3.46. The number of halogens is 2. The van der Waals surface area contributed by atoms with Gasteiger partial charge in [-0.15, -0.1) is 0 Å². The maximum absolute atomic E-state index is 13.6. The number of hydrogen-bond donors (Lipinski definition) is 1. The fourth-order valence-electron chi connectivity index (χ4n) is 2.42. The number of rotatable bonds is 3. The van der Waals surface area contributed by atoms with Gasteiger partial charge < -0.3 is 10.2 Å². The van der Waals surface area contributed by atoms with Crippen molar-refractivity contribution in [3.05, 3.63) is 35.4 Å². The molecular formula is C14H18F2N2O. The van der Waals surface area contributed by atoms with Crippen molar-refractivity contribution in [2.75, 3.05) is 26.7 Å². The van der Waals surface area contributed by atoms with Crippen LogP contribution in [-0.4, -0.2) is 37.5 Å². The number of piperidine rings is 1. The summed E-state index contributed by atoms with van der Waals surface area (Å²) in [4.78, 5) is 13.6. The van der Waals surface area contributed by atoms with Crippen molar-refractivity contribution >= 4 is 5.91 Å². The average Bonchev–Trinajstić information content (AvgIpc) is 2.42. The second kappa shape index (κ2) is 6.10. The lowest BCUT2D eigenvalue weighted by Crippen LogP contribution is -2.39. The smallest absolute Gasteiger partial charge is 0.256 e. The van der Waals surface area contributed by atoms with Crippen LogP contribution < -0.4 is 5.32 Å². The van der Waals surface area contributed by atoms with E-state index < -0.39 is 17.5 Å². The predicted molar refractivity (Wildman–Crippen MR) is 68.9 cm³/mol. The molecule has 3 nitrogen and oxygen atoms in total. The zero-order valence-corrected chi connectivity index (χ0v) is 11.0. The number of carbonyl (C=O) groups excluding carboxylic acids is 1. The third kappa shape index (κ3) is 3.29. The van der Waals surface area contributed by atoms with Crippen LogP contribution in [0.5, 0.6) is 0 Å². The summed E-state index contributed by atoms with van der Waals surface area (Å²) in [5.41, 5.74) is -0.203.